The van der Waals surface area contributed by atoms with Gasteiger partial charge in [-0.2, -0.15) is 0 Å². The Balaban J connectivity index is 2.36. The molecule has 3 nitrogen and oxygen atoms in total. The maximum atomic E-state index is 13.1. The molecule has 0 bridgehead atoms. The second kappa shape index (κ2) is 6.53. The van der Waals surface area contributed by atoms with Crippen molar-refractivity contribution in [3.05, 3.63) is 59.2 Å². The molecule has 0 aromatic heterocycles. The Morgan fingerprint density at radius 3 is 2.22 bits per heavy atom. The number of carboxylic acid groups (broad SMARTS) is 1. The number of aromatic carboxylic acids is 1. The lowest BCUT2D eigenvalue weighted by molar-refractivity contribution is -0.125. The number of ketones is 1. The molecule has 1 N–H and O–H groups in total. The van der Waals surface area contributed by atoms with E-state index in [0.717, 1.165) is 11.1 Å². The number of hydrogen-bond acceptors (Lipinski definition) is 2. The van der Waals surface area contributed by atoms with Gasteiger partial charge in [0.25, 0.3) is 0 Å². The van der Waals surface area contributed by atoms with E-state index < -0.39 is 11.4 Å². The smallest absolute Gasteiger partial charge is 0.335 e. The molecule has 0 saturated heterocycles. The summed E-state index contributed by atoms with van der Waals surface area (Å²) in [6.07, 6.45) is 6.50. The Bertz CT molecular complexity index is 663. The SMILES string of the molecule is CC(C)C1=CC=CC(Cc2ccc(C(=O)O)cc2)(C(C)C)C1=O. The Kier molecular flexibility index (Phi) is 4.88. The summed E-state index contributed by atoms with van der Waals surface area (Å²) in [6, 6.07) is 6.81. The van der Waals surface area contributed by atoms with Gasteiger partial charge in [-0.3, -0.25) is 4.79 Å². The van der Waals surface area contributed by atoms with E-state index in [0.29, 0.717) is 6.42 Å². The molecule has 1 aromatic rings. The Hall–Kier alpha value is -2.16. The number of benzene rings is 1. The van der Waals surface area contributed by atoms with E-state index in [-0.39, 0.29) is 23.2 Å². The minimum atomic E-state index is -0.936. The molecular formula is C20H24O3. The van der Waals surface area contributed by atoms with Gasteiger partial charge in [0.1, 0.15) is 0 Å². The predicted octanol–water partition coefficient (Wildman–Crippen LogP) is 4.29. The highest BCUT2D eigenvalue weighted by Crippen LogP contribution is 2.40. The van der Waals surface area contributed by atoms with Gasteiger partial charge in [0.2, 0.25) is 0 Å². The second-order valence-corrected chi connectivity index (χ2v) is 6.84. The molecule has 0 heterocycles. The van der Waals surface area contributed by atoms with Crippen molar-refractivity contribution >= 4 is 11.8 Å². The van der Waals surface area contributed by atoms with E-state index in [1.54, 1.807) is 12.1 Å². The number of Topliss-reactive ketones (excluding diaryl/α,β-unsaturated/α-hetero) is 1. The van der Waals surface area contributed by atoms with Crippen molar-refractivity contribution in [1.29, 1.82) is 0 Å². The fraction of sp³-hybridized carbons (Fsp3) is 0.400. The molecule has 23 heavy (non-hydrogen) atoms. The fourth-order valence-electron chi connectivity index (χ4n) is 3.10. The summed E-state index contributed by atoms with van der Waals surface area (Å²) in [7, 11) is 0. The molecule has 1 aromatic carbocycles. The zero-order valence-corrected chi connectivity index (χ0v) is 14.2. The van der Waals surface area contributed by atoms with Crippen LogP contribution in [0.4, 0.5) is 0 Å². The van der Waals surface area contributed by atoms with Crippen LogP contribution in [-0.4, -0.2) is 16.9 Å². The Morgan fingerprint density at radius 2 is 1.74 bits per heavy atom. The van der Waals surface area contributed by atoms with Crippen molar-refractivity contribution in [3.63, 3.8) is 0 Å². The first-order valence-electron chi connectivity index (χ1n) is 8.04. The first-order chi connectivity index (χ1) is 10.8. The van der Waals surface area contributed by atoms with Gasteiger partial charge in [-0.05, 0) is 41.5 Å². The molecule has 1 aliphatic rings. The van der Waals surface area contributed by atoms with Crippen LogP contribution in [-0.2, 0) is 11.2 Å². The standard InChI is InChI=1S/C20H24O3/c1-13(2)17-6-5-11-20(14(3)4,18(17)21)12-15-7-9-16(10-8-15)19(22)23/h5-11,13-14H,12H2,1-4H3,(H,22,23). The molecule has 2 rings (SSSR count). The lowest BCUT2D eigenvalue weighted by Crippen LogP contribution is -2.40. The highest BCUT2D eigenvalue weighted by atomic mass is 16.4. The number of hydrogen-bond donors (Lipinski definition) is 1. The zero-order valence-electron chi connectivity index (χ0n) is 14.2. The summed E-state index contributed by atoms with van der Waals surface area (Å²) in [5, 5.41) is 9.00. The molecule has 1 atom stereocenters. The average molecular weight is 312 g/mol. The quantitative estimate of drug-likeness (QED) is 0.882. The van der Waals surface area contributed by atoms with Crippen LogP contribution < -0.4 is 0 Å². The number of carbonyl (C=O) groups excluding carboxylic acids is 1. The van der Waals surface area contributed by atoms with Gasteiger partial charge in [-0.25, -0.2) is 4.79 Å². The van der Waals surface area contributed by atoms with Crippen molar-refractivity contribution in [1.82, 2.24) is 0 Å². The molecule has 0 aliphatic heterocycles. The summed E-state index contributed by atoms with van der Waals surface area (Å²) >= 11 is 0. The van der Waals surface area contributed by atoms with Crippen LogP contribution >= 0.6 is 0 Å². The van der Waals surface area contributed by atoms with E-state index in [9.17, 15) is 9.59 Å². The van der Waals surface area contributed by atoms with Gasteiger partial charge in [0.15, 0.2) is 5.78 Å². The van der Waals surface area contributed by atoms with Gasteiger partial charge >= 0.3 is 5.97 Å². The van der Waals surface area contributed by atoms with Crippen LogP contribution in [0.2, 0.25) is 0 Å². The fourth-order valence-corrected chi connectivity index (χ4v) is 3.10. The predicted molar refractivity (Wildman–Crippen MR) is 91.4 cm³/mol. The molecule has 1 unspecified atom stereocenters. The van der Waals surface area contributed by atoms with E-state index in [4.69, 9.17) is 5.11 Å². The van der Waals surface area contributed by atoms with E-state index >= 15 is 0 Å². The number of carbonyl (C=O) groups is 2. The number of carboxylic acids is 1. The highest BCUT2D eigenvalue weighted by Gasteiger charge is 2.42. The average Bonchev–Trinajstić information content (AvgIpc) is 2.49. The minimum Gasteiger partial charge on any atom is -0.478 e. The summed E-state index contributed by atoms with van der Waals surface area (Å²) in [5.74, 6) is -0.395. The highest BCUT2D eigenvalue weighted by molar-refractivity contribution is 6.03. The molecule has 0 spiro atoms. The Labute approximate surface area is 137 Å². The maximum Gasteiger partial charge on any atom is 0.335 e. The van der Waals surface area contributed by atoms with Crippen LogP contribution in [0, 0.1) is 17.3 Å². The van der Waals surface area contributed by atoms with Crippen LogP contribution in [0.3, 0.4) is 0 Å². The Morgan fingerprint density at radius 1 is 1.13 bits per heavy atom. The third-order valence-corrected chi connectivity index (χ3v) is 4.70. The largest absolute Gasteiger partial charge is 0.478 e. The van der Waals surface area contributed by atoms with Crippen molar-refractivity contribution < 1.29 is 14.7 Å². The van der Waals surface area contributed by atoms with Crippen molar-refractivity contribution in [3.8, 4) is 0 Å². The van der Waals surface area contributed by atoms with Gasteiger partial charge in [-0.15, -0.1) is 0 Å². The normalized spacial score (nSPS) is 21.0. The molecule has 1 aliphatic carbocycles. The molecule has 0 radical (unpaired) electrons. The van der Waals surface area contributed by atoms with Crippen molar-refractivity contribution in [2.45, 2.75) is 34.1 Å². The maximum absolute atomic E-state index is 13.1. The molecule has 0 saturated carbocycles. The van der Waals surface area contributed by atoms with Crippen molar-refractivity contribution in [2.75, 3.05) is 0 Å². The van der Waals surface area contributed by atoms with Gasteiger partial charge in [0.05, 0.1) is 11.0 Å². The van der Waals surface area contributed by atoms with E-state index in [1.807, 2.05) is 44.2 Å². The summed E-state index contributed by atoms with van der Waals surface area (Å²) in [5.41, 5.74) is 1.55. The monoisotopic (exact) mass is 312 g/mol. The molecule has 3 heteroatoms. The third kappa shape index (κ3) is 3.29. The topological polar surface area (TPSA) is 54.4 Å². The minimum absolute atomic E-state index is 0.160. The second-order valence-electron chi connectivity index (χ2n) is 6.84. The van der Waals surface area contributed by atoms with Crippen LogP contribution in [0.1, 0.15) is 43.6 Å². The van der Waals surface area contributed by atoms with Crippen LogP contribution in [0.25, 0.3) is 0 Å². The number of allylic oxidation sites excluding steroid dienone is 4. The zero-order chi connectivity index (χ0) is 17.2. The third-order valence-electron chi connectivity index (χ3n) is 4.70. The number of rotatable bonds is 5. The van der Waals surface area contributed by atoms with Gasteiger partial charge < -0.3 is 5.11 Å². The van der Waals surface area contributed by atoms with E-state index in [1.165, 1.54) is 0 Å². The lowest BCUT2D eigenvalue weighted by Gasteiger charge is -2.37. The summed E-state index contributed by atoms with van der Waals surface area (Å²) in [4.78, 5) is 24.1. The molecular weight excluding hydrogens is 288 g/mol. The molecule has 122 valence electrons. The van der Waals surface area contributed by atoms with Crippen molar-refractivity contribution in [2.24, 2.45) is 17.3 Å². The summed E-state index contributed by atoms with van der Waals surface area (Å²) in [6.45, 7) is 8.21. The first-order valence-corrected chi connectivity index (χ1v) is 8.04. The van der Waals surface area contributed by atoms with E-state index in [2.05, 4.69) is 13.8 Å². The summed E-state index contributed by atoms with van der Waals surface area (Å²) < 4.78 is 0. The van der Waals surface area contributed by atoms with Gasteiger partial charge in [0, 0.05) is 0 Å². The lowest BCUT2D eigenvalue weighted by atomic mass is 9.65. The van der Waals surface area contributed by atoms with Gasteiger partial charge in [-0.1, -0.05) is 58.1 Å². The first kappa shape index (κ1) is 17.2. The van der Waals surface area contributed by atoms with Crippen LogP contribution in [0.5, 0.6) is 0 Å². The molecule has 0 amide bonds. The van der Waals surface area contributed by atoms with Crippen LogP contribution in [0.15, 0.2) is 48.1 Å². The molecule has 0 fully saturated rings.